The molecule has 0 spiro atoms. The zero-order valence-electron chi connectivity index (χ0n) is 21.1. The van der Waals surface area contributed by atoms with E-state index >= 15 is 0 Å². The lowest BCUT2D eigenvalue weighted by molar-refractivity contribution is 0.120. The summed E-state index contributed by atoms with van der Waals surface area (Å²) in [5.74, 6) is -0.602. The van der Waals surface area contributed by atoms with Crippen LogP contribution in [0.25, 0.3) is 0 Å². The summed E-state index contributed by atoms with van der Waals surface area (Å²) in [6, 6.07) is 11.9. The molecule has 12 heteroatoms. The maximum absolute atomic E-state index is 13.1. The van der Waals surface area contributed by atoms with Crippen LogP contribution < -0.4 is 10.2 Å². The zero-order chi connectivity index (χ0) is 27.2. The fourth-order valence-electron chi connectivity index (χ4n) is 3.70. The Morgan fingerprint density at radius 1 is 1.00 bits per heavy atom. The molecule has 0 saturated carbocycles. The van der Waals surface area contributed by atoms with Gasteiger partial charge in [0.05, 0.1) is 21.2 Å². The number of nitrogens with one attached hydrogen (secondary N) is 1. The molecule has 198 valence electrons. The zero-order valence-corrected chi connectivity index (χ0v) is 22.7. The number of ether oxygens (including phenoxy) is 1. The highest BCUT2D eigenvalue weighted by Crippen LogP contribution is 2.26. The first-order valence-corrected chi connectivity index (χ1v) is 15.1. The number of nitrogens with zero attached hydrogens (tertiary/aromatic N) is 3. The minimum absolute atomic E-state index is 0.00295. The van der Waals surface area contributed by atoms with Crippen molar-refractivity contribution < 1.29 is 26.4 Å². The number of benzene rings is 2. The van der Waals surface area contributed by atoms with Gasteiger partial charge in [0.25, 0.3) is 0 Å². The molecule has 1 aromatic heterocycles. The molecule has 0 fully saturated rings. The number of aryl methyl sites for hydroxylation is 1. The van der Waals surface area contributed by atoms with Crippen LogP contribution in [0, 0.1) is 6.92 Å². The highest BCUT2D eigenvalue weighted by atomic mass is 32.2. The lowest BCUT2D eigenvalue weighted by atomic mass is 10.1. The predicted molar refractivity (Wildman–Crippen MR) is 141 cm³/mol. The van der Waals surface area contributed by atoms with Crippen molar-refractivity contribution in [3.05, 3.63) is 72.3 Å². The Labute approximate surface area is 217 Å². The van der Waals surface area contributed by atoms with Crippen LogP contribution in [0.15, 0.2) is 70.8 Å². The van der Waals surface area contributed by atoms with Crippen molar-refractivity contribution in [2.24, 2.45) is 0 Å². The third kappa shape index (κ3) is 7.26. The lowest BCUT2D eigenvalue weighted by Gasteiger charge is -2.22. The molecule has 37 heavy (non-hydrogen) atoms. The number of aromatic nitrogens is 2. The minimum Gasteiger partial charge on any atom is -0.438 e. The molecule has 0 aliphatic rings. The van der Waals surface area contributed by atoms with Gasteiger partial charge in [0.15, 0.2) is 25.8 Å². The summed E-state index contributed by atoms with van der Waals surface area (Å²) in [7, 11) is -7.47. The summed E-state index contributed by atoms with van der Waals surface area (Å²) in [4.78, 5) is 22.8. The van der Waals surface area contributed by atoms with Crippen LogP contribution in [-0.2, 0) is 24.4 Å². The van der Waals surface area contributed by atoms with Crippen LogP contribution in [0.1, 0.15) is 31.2 Å². The van der Waals surface area contributed by atoms with Gasteiger partial charge in [-0.2, -0.15) is 0 Å². The van der Waals surface area contributed by atoms with Gasteiger partial charge in [0, 0.05) is 36.9 Å². The Bertz CT molecular complexity index is 1440. The Kier molecular flexibility index (Phi) is 8.87. The fourth-order valence-corrected chi connectivity index (χ4v) is 5.71. The molecule has 3 rings (SSSR count). The first-order valence-electron chi connectivity index (χ1n) is 11.6. The lowest BCUT2D eigenvalue weighted by Crippen LogP contribution is -2.25. The number of carbonyl (C=O) groups is 1. The summed E-state index contributed by atoms with van der Waals surface area (Å²) in [5.41, 5.74) is 2.57. The van der Waals surface area contributed by atoms with Gasteiger partial charge >= 0.3 is 6.09 Å². The van der Waals surface area contributed by atoms with Gasteiger partial charge in [-0.05, 0) is 74.9 Å². The minimum atomic E-state index is -3.98. The van der Waals surface area contributed by atoms with Crippen molar-refractivity contribution in [3.8, 4) is 0 Å². The van der Waals surface area contributed by atoms with Crippen molar-refractivity contribution in [1.29, 1.82) is 0 Å². The molecular weight excluding hydrogens is 516 g/mol. The highest BCUT2D eigenvalue weighted by molar-refractivity contribution is 7.91. The third-order valence-corrected chi connectivity index (χ3v) is 8.60. The summed E-state index contributed by atoms with van der Waals surface area (Å²) < 4.78 is 55.2. The van der Waals surface area contributed by atoms with Crippen molar-refractivity contribution >= 4 is 37.1 Å². The number of hydrogen-bond donors (Lipinski definition) is 1. The molecule has 0 aliphatic carbocycles. The van der Waals surface area contributed by atoms with Crippen LogP contribution >= 0.6 is 0 Å². The van der Waals surface area contributed by atoms with E-state index in [2.05, 4.69) is 34.0 Å². The number of hydrogen-bond acceptors (Lipinski definition) is 9. The van der Waals surface area contributed by atoms with E-state index in [0.717, 1.165) is 30.6 Å². The smallest absolute Gasteiger partial charge is 0.412 e. The fraction of sp³-hybridized carbons (Fsp3) is 0.320. The Morgan fingerprint density at radius 2 is 1.65 bits per heavy atom. The van der Waals surface area contributed by atoms with Crippen LogP contribution in [0.2, 0.25) is 0 Å². The average molecular weight is 547 g/mol. The molecule has 2 aromatic carbocycles. The summed E-state index contributed by atoms with van der Waals surface area (Å²) in [6.07, 6.45) is 1.60. The van der Waals surface area contributed by atoms with E-state index in [9.17, 15) is 21.6 Å². The van der Waals surface area contributed by atoms with Gasteiger partial charge in [0.2, 0.25) is 0 Å². The van der Waals surface area contributed by atoms with Crippen LogP contribution in [0.4, 0.5) is 16.2 Å². The van der Waals surface area contributed by atoms with E-state index < -0.39 is 37.6 Å². The molecule has 3 aromatic rings. The largest absolute Gasteiger partial charge is 0.438 e. The van der Waals surface area contributed by atoms with E-state index in [0.29, 0.717) is 5.69 Å². The summed E-state index contributed by atoms with van der Waals surface area (Å²) >= 11 is 0. The second-order valence-electron chi connectivity index (χ2n) is 8.35. The van der Waals surface area contributed by atoms with Gasteiger partial charge in [-0.15, -0.1) is 0 Å². The van der Waals surface area contributed by atoms with Gasteiger partial charge < -0.3 is 9.64 Å². The molecule has 1 heterocycles. The van der Waals surface area contributed by atoms with E-state index in [1.54, 1.807) is 6.07 Å². The molecule has 10 nitrogen and oxygen atoms in total. The topological polar surface area (TPSA) is 136 Å². The van der Waals surface area contributed by atoms with Crippen LogP contribution in [0.3, 0.4) is 0 Å². The molecule has 1 atom stereocenters. The molecule has 1 amide bonds. The number of rotatable bonds is 10. The standard InChI is InChI=1S/C25H30N4O6S2/c1-5-29(6-2)19-7-12-22(18(3)15-19)28-25(30)35-24(23-13-14-26-17-27-23)16-37(33,34)21-10-8-20(9-11-21)36(4,31)32/h7-15,17,24H,5-6,16H2,1-4H3,(H,28,30). The first kappa shape index (κ1) is 28.1. The molecule has 0 saturated heterocycles. The second kappa shape index (κ2) is 11.7. The molecule has 0 aliphatic heterocycles. The number of amides is 1. The van der Waals surface area contributed by atoms with Crippen molar-refractivity contribution in [3.63, 3.8) is 0 Å². The SMILES string of the molecule is CCN(CC)c1ccc(NC(=O)OC(CS(=O)(=O)c2ccc(S(C)(=O)=O)cc2)c2ccncn2)c(C)c1. The van der Waals surface area contributed by atoms with Gasteiger partial charge in [-0.1, -0.05) is 0 Å². The quantitative estimate of drug-likeness (QED) is 0.403. The second-order valence-corrected chi connectivity index (χ2v) is 12.4. The van der Waals surface area contributed by atoms with E-state index in [1.165, 1.54) is 42.9 Å². The van der Waals surface area contributed by atoms with E-state index in [1.807, 2.05) is 19.1 Å². The van der Waals surface area contributed by atoms with E-state index in [4.69, 9.17) is 4.74 Å². The number of sulfone groups is 2. The highest BCUT2D eigenvalue weighted by Gasteiger charge is 2.27. The maximum atomic E-state index is 13.1. The van der Waals surface area contributed by atoms with E-state index in [-0.39, 0.29) is 15.5 Å². The Morgan fingerprint density at radius 3 is 2.19 bits per heavy atom. The molecule has 1 unspecified atom stereocenters. The van der Waals surface area contributed by atoms with Crippen LogP contribution in [-0.4, -0.2) is 58.0 Å². The maximum Gasteiger partial charge on any atom is 0.412 e. The van der Waals surface area contributed by atoms with Crippen molar-refractivity contribution in [1.82, 2.24) is 9.97 Å². The normalized spacial score (nSPS) is 12.5. The molecule has 0 radical (unpaired) electrons. The van der Waals surface area contributed by atoms with Crippen molar-refractivity contribution in [2.75, 3.05) is 35.3 Å². The number of carbonyl (C=O) groups excluding carboxylic acids is 1. The Balaban J connectivity index is 1.81. The Hall–Kier alpha value is -3.51. The number of anilines is 2. The average Bonchev–Trinajstić information content (AvgIpc) is 2.86. The van der Waals surface area contributed by atoms with Gasteiger partial charge in [-0.3, -0.25) is 5.32 Å². The van der Waals surface area contributed by atoms with Crippen molar-refractivity contribution in [2.45, 2.75) is 36.7 Å². The van der Waals surface area contributed by atoms with Crippen LogP contribution in [0.5, 0.6) is 0 Å². The van der Waals surface area contributed by atoms with Gasteiger partial charge in [-0.25, -0.2) is 31.6 Å². The molecular formula is C25H30N4O6S2. The monoisotopic (exact) mass is 546 g/mol. The predicted octanol–water partition coefficient (Wildman–Crippen LogP) is 3.80. The first-order chi connectivity index (χ1) is 17.4. The molecule has 0 bridgehead atoms. The third-order valence-electron chi connectivity index (χ3n) is 5.74. The summed E-state index contributed by atoms with van der Waals surface area (Å²) in [6.45, 7) is 7.66. The summed E-state index contributed by atoms with van der Waals surface area (Å²) in [5, 5.41) is 2.68. The molecule has 1 N–H and O–H groups in total. The van der Waals surface area contributed by atoms with Gasteiger partial charge in [0.1, 0.15) is 6.33 Å².